The average Bonchev–Trinajstić information content (AvgIpc) is 2.82. The molecule has 2 heterocycles. The molecule has 0 spiro atoms. The van der Waals surface area contributed by atoms with Gasteiger partial charge in [0, 0.05) is 36.0 Å². The van der Waals surface area contributed by atoms with Crippen molar-refractivity contribution in [3.8, 4) is 0 Å². The van der Waals surface area contributed by atoms with Crippen molar-refractivity contribution < 1.29 is 4.74 Å². The lowest BCUT2D eigenvalue weighted by molar-refractivity contribution is 0.193. The lowest BCUT2D eigenvalue weighted by Crippen LogP contribution is -2.20. The number of nitrogens with one attached hydrogen (secondary N) is 1. The minimum Gasteiger partial charge on any atom is -0.381 e. The van der Waals surface area contributed by atoms with Crippen LogP contribution in [0, 0.1) is 6.92 Å². The molecule has 1 aromatic rings. The molecule has 2 unspecified atom stereocenters. The predicted octanol–water partition coefficient (Wildman–Crippen LogP) is 1.96. The van der Waals surface area contributed by atoms with E-state index in [9.17, 15) is 0 Å². The Kier molecular flexibility index (Phi) is 4.07. The zero-order valence-electron chi connectivity index (χ0n) is 10.9. The van der Waals surface area contributed by atoms with Gasteiger partial charge in [-0.1, -0.05) is 6.92 Å². The molecule has 1 fully saturated rings. The van der Waals surface area contributed by atoms with Crippen molar-refractivity contribution in [3.63, 3.8) is 0 Å². The molecule has 1 aromatic heterocycles. The fourth-order valence-corrected chi connectivity index (χ4v) is 2.27. The predicted molar refractivity (Wildman–Crippen MR) is 67.0 cm³/mol. The first-order chi connectivity index (χ1) is 8.22. The van der Waals surface area contributed by atoms with Crippen LogP contribution in [-0.4, -0.2) is 29.7 Å². The monoisotopic (exact) mass is 235 g/mol. The summed E-state index contributed by atoms with van der Waals surface area (Å²) in [6, 6.07) is 0.314. The van der Waals surface area contributed by atoms with Crippen molar-refractivity contribution in [2.45, 2.75) is 39.2 Å². The van der Waals surface area contributed by atoms with E-state index in [2.05, 4.69) is 36.1 Å². The molecular weight excluding hydrogens is 214 g/mol. The molecule has 0 aliphatic carbocycles. The number of aryl methyl sites for hydroxylation is 1. The van der Waals surface area contributed by atoms with E-state index in [1.54, 1.807) is 0 Å². The van der Waals surface area contributed by atoms with E-state index < -0.39 is 0 Å². The molecule has 0 saturated carbocycles. The van der Waals surface area contributed by atoms with Gasteiger partial charge < -0.3 is 10.1 Å². The van der Waals surface area contributed by atoms with Crippen LogP contribution in [0.15, 0.2) is 6.20 Å². The Balaban J connectivity index is 2.16. The maximum absolute atomic E-state index is 5.38. The molecule has 2 rings (SSSR count). The average molecular weight is 235 g/mol. The second kappa shape index (κ2) is 5.56. The van der Waals surface area contributed by atoms with Crippen molar-refractivity contribution in [3.05, 3.63) is 23.3 Å². The van der Waals surface area contributed by atoms with E-state index in [0.717, 1.165) is 37.7 Å². The zero-order chi connectivity index (χ0) is 12.3. The van der Waals surface area contributed by atoms with Crippen LogP contribution in [-0.2, 0) is 4.74 Å². The Morgan fingerprint density at radius 3 is 3.00 bits per heavy atom. The highest BCUT2D eigenvalue weighted by Crippen LogP contribution is 2.23. The van der Waals surface area contributed by atoms with Gasteiger partial charge >= 0.3 is 0 Å². The Labute approximate surface area is 103 Å². The largest absolute Gasteiger partial charge is 0.381 e. The van der Waals surface area contributed by atoms with Crippen LogP contribution in [0.5, 0.6) is 0 Å². The molecule has 0 bridgehead atoms. The van der Waals surface area contributed by atoms with Crippen LogP contribution >= 0.6 is 0 Å². The second-order valence-corrected chi connectivity index (χ2v) is 4.61. The fourth-order valence-electron chi connectivity index (χ4n) is 2.27. The number of rotatable bonds is 4. The summed E-state index contributed by atoms with van der Waals surface area (Å²) >= 11 is 0. The Morgan fingerprint density at radius 1 is 1.59 bits per heavy atom. The lowest BCUT2D eigenvalue weighted by Gasteiger charge is -2.16. The first-order valence-corrected chi connectivity index (χ1v) is 6.37. The molecule has 1 saturated heterocycles. The maximum Gasteiger partial charge on any atom is 0.134 e. The summed E-state index contributed by atoms with van der Waals surface area (Å²) in [6.45, 7) is 8.87. The molecule has 2 atom stereocenters. The lowest BCUT2D eigenvalue weighted by atomic mass is 10.1. The minimum absolute atomic E-state index is 0.314. The van der Waals surface area contributed by atoms with Gasteiger partial charge in [0.05, 0.1) is 6.61 Å². The smallest absolute Gasteiger partial charge is 0.134 e. The van der Waals surface area contributed by atoms with Gasteiger partial charge in [-0.25, -0.2) is 9.97 Å². The maximum atomic E-state index is 5.38. The number of hydrogen-bond donors (Lipinski definition) is 1. The summed E-state index contributed by atoms with van der Waals surface area (Å²) in [5.74, 6) is 1.32. The Bertz CT molecular complexity index is 375. The van der Waals surface area contributed by atoms with E-state index >= 15 is 0 Å². The minimum atomic E-state index is 0.314. The van der Waals surface area contributed by atoms with Gasteiger partial charge in [0.15, 0.2) is 0 Å². The number of nitrogens with zero attached hydrogens (tertiary/aromatic N) is 2. The van der Waals surface area contributed by atoms with Crippen LogP contribution in [0.3, 0.4) is 0 Å². The fraction of sp³-hybridized carbons (Fsp3) is 0.692. The molecule has 17 heavy (non-hydrogen) atoms. The van der Waals surface area contributed by atoms with Crippen molar-refractivity contribution in [2.75, 3.05) is 19.8 Å². The summed E-state index contributed by atoms with van der Waals surface area (Å²) in [7, 11) is 0. The van der Waals surface area contributed by atoms with Crippen molar-refractivity contribution >= 4 is 0 Å². The Hall–Kier alpha value is -1.00. The molecule has 94 valence electrons. The first-order valence-electron chi connectivity index (χ1n) is 6.37. The van der Waals surface area contributed by atoms with Gasteiger partial charge in [-0.3, -0.25) is 0 Å². The van der Waals surface area contributed by atoms with Gasteiger partial charge in [0.2, 0.25) is 0 Å². The van der Waals surface area contributed by atoms with E-state index in [4.69, 9.17) is 4.74 Å². The number of hydrogen-bond acceptors (Lipinski definition) is 4. The third-order valence-electron chi connectivity index (χ3n) is 3.31. The molecule has 1 aliphatic rings. The topological polar surface area (TPSA) is 47.0 Å². The third-order valence-corrected chi connectivity index (χ3v) is 3.31. The van der Waals surface area contributed by atoms with Crippen molar-refractivity contribution in [2.24, 2.45) is 0 Å². The highest BCUT2D eigenvalue weighted by Gasteiger charge is 2.21. The number of aromatic nitrogens is 2. The standard InChI is InChI=1S/C13H21N3O/c1-4-14-9(2)12-7-15-13(16-10(12)3)11-5-6-17-8-11/h7,9,11,14H,4-6,8H2,1-3H3. The SMILES string of the molecule is CCNC(C)c1cnc(C2CCOC2)nc1C. The van der Waals surface area contributed by atoms with E-state index in [0.29, 0.717) is 12.0 Å². The van der Waals surface area contributed by atoms with E-state index in [-0.39, 0.29) is 0 Å². The van der Waals surface area contributed by atoms with Crippen molar-refractivity contribution in [1.29, 1.82) is 0 Å². The van der Waals surface area contributed by atoms with Gasteiger partial charge in [-0.05, 0) is 26.8 Å². The van der Waals surface area contributed by atoms with E-state index in [1.807, 2.05) is 6.20 Å². The van der Waals surface area contributed by atoms with Crippen LogP contribution < -0.4 is 5.32 Å². The zero-order valence-corrected chi connectivity index (χ0v) is 10.9. The highest BCUT2D eigenvalue weighted by molar-refractivity contribution is 5.21. The number of ether oxygens (including phenoxy) is 1. The van der Waals surface area contributed by atoms with Crippen LogP contribution in [0.2, 0.25) is 0 Å². The summed E-state index contributed by atoms with van der Waals surface area (Å²) in [5, 5.41) is 3.39. The summed E-state index contributed by atoms with van der Waals surface area (Å²) in [4.78, 5) is 9.12. The highest BCUT2D eigenvalue weighted by atomic mass is 16.5. The molecular formula is C13H21N3O. The summed E-state index contributed by atoms with van der Waals surface area (Å²) in [6.07, 6.45) is 3.00. The van der Waals surface area contributed by atoms with Crippen molar-refractivity contribution in [1.82, 2.24) is 15.3 Å². The first kappa shape index (κ1) is 12.5. The molecule has 1 N–H and O–H groups in total. The van der Waals surface area contributed by atoms with Gasteiger partial charge in [-0.2, -0.15) is 0 Å². The molecule has 0 radical (unpaired) electrons. The van der Waals surface area contributed by atoms with Gasteiger partial charge in [0.1, 0.15) is 5.82 Å². The van der Waals surface area contributed by atoms with E-state index in [1.165, 1.54) is 5.56 Å². The molecule has 0 aromatic carbocycles. The molecule has 1 aliphatic heterocycles. The normalized spacial score (nSPS) is 21.7. The molecule has 0 amide bonds. The quantitative estimate of drug-likeness (QED) is 0.866. The Morgan fingerprint density at radius 2 is 2.41 bits per heavy atom. The van der Waals surface area contributed by atoms with Crippen LogP contribution in [0.25, 0.3) is 0 Å². The molecule has 4 nitrogen and oxygen atoms in total. The molecule has 4 heteroatoms. The van der Waals surface area contributed by atoms with Crippen LogP contribution in [0.4, 0.5) is 0 Å². The second-order valence-electron chi connectivity index (χ2n) is 4.61. The summed E-state index contributed by atoms with van der Waals surface area (Å²) in [5.41, 5.74) is 2.27. The third kappa shape index (κ3) is 2.82. The van der Waals surface area contributed by atoms with Gasteiger partial charge in [-0.15, -0.1) is 0 Å². The summed E-state index contributed by atoms with van der Waals surface area (Å²) < 4.78 is 5.38. The van der Waals surface area contributed by atoms with Crippen LogP contribution in [0.1, 0.15) is 49.3 Å². The van der Waals surface area contributed by atoms with Gasteiger partial charge in [0.25, 0.3) is 0 Å².